The SMILES string of the molecule is Cc1cc(-c2ccc3ncc(NC(=O)NC4CCN(C(=O)C(F)(F)F)CC4)nc3n2)cc(C)c1O. The summed E-state index contributed by atoms with van der Waals surface area (Å²) in [5.74, 6) is -1.48. The number of amides is 3. The maximum absolute atomic E-state index is 12.6. The number of likely N-dealkylation sites (tertiary alicyclic amines) is 1. The molecular formula is C23H23F3N6O3. The molecule has 0 unspecified atom stereocenters. The van der Waals surface area contributed by atoms with E-state index in [1.54, 1.807) is 26.0 Å². The van der Waals surface area contributed by atoms with Crippen molar-refractivity contribution in [2.75, 3.05) is 18.4 Å². The van der Waals surface area contributed by atoms with Gasteiger partial charge in [0.2, 0.25) is 0 Å². The number of carbonyl (C=O) groups excluding carboxylic acids is 2. The topological polar surface area (TPSA) is 120 Å². The molecule has 35 heavy (non-hydrogen) atoms. The van der Waals surface area contributed by atoms with E-state index in [0.717, 1.165) is 10.5 Å². The van der Waals surface area contributed by atoms with Gasteiger partial charge in [0.05, 0.1) is 11.9 Å². The van der Waals surface area contributed by atoms with Gasteiger partial charge < -0.3 is 15.3 Å². The minimum atomic E-state index is -4.90. The first kappa shape index (κ1) is 24.2. The number of alkyl halides is 3. The van der Waals surface area contributed by atoms with Gasteiger partial charge in [0.25, 0.3) is 0 Å². The Bertz CT molecular complexity index is 1270. The summed E-state index contributed by atoms with van der Waals surface area (Å²) in [4.78, 5) is 37.6. The van der Waals surface area contributed by atoms with Crippen LogP contribution in [0.25, 0.3) is 22.4 Å². The molecule has 2 aromatic heterocycles. The standard InChI is InChI=1S/C23H23F3N6O3/c1-12-9-14(10-13(2)19(12)33)16-3-4-17-20(29-16)30-18(11-27-17)31-22(35)28-15-5-7-32(8-6-15)21(34)23(24,25)26/h3-4,9-11,15,33H,5-8H2,1-2H3,(H2,28,29,30,31,35). The number of nitrogens with one attached hydrogen (secondary N) is 2. The van der Waals surface area contributed by atoms with Gasteiger partial charge in [-0.2, -0.15) is 13.2 Å². The number of carbonyl (C=O) groups is 2. The first-order chi connectivity index (χ1) is 16.5. The smallest absolute Gasteiger partial charge is 0.471 e. The number of phenolic OH excluding ortho intramolecular Hbond substituents is 1. The number of nitrogens with zero attached hydrogens (tertiary/aromatic N) is 4. The molecule has 3 N–H and O–H groups in total. The van der Waals surface area contributed by atoms with Crippen LogP contribution in [-0.2, 0) is 4.79 Å². The quantitative estimate of drug-likeness (QED) is 0.517. The number of aromatic hydroxyl groups is 1. The third kappa shape index (κ3) is 5.42. The second kappa shape index (κ2) is 9.35. The largest absolute Gasteiger partial charge is 0.507 e. The fourth-order valence-corrected chi connectivity index (χ4v) is 3.97. The Kier molecular flexibility index (Phi) is 6.46. The normalized spacial score (nSPS) is 14.7. The summed E-state index contributed by atoms with van der Waals surface area (Å²) >= 11 is 0. The molecule has 0 saturated carbocycles. The number of hydrogen-bond donors (Lipinski definition) is 3. The number of urea groups is 1. The van der Waals surface area contributed by atoms with Crippen LogP contribution >= 0.6 is 0 Å². The summed E-state index contributed by atoms with van der Waals surface area (Å²) in [5, 5.41) is 15.3. The molecule has 3 aromatic rings. The second-order valence-electron chi connectivity index (χ2n) is 8.42. The Balaban J connectivity index is 1.41. The van der Waals surface area contributed by atoms with Gasteiger partial charge in [-0.1, -0.05) is 0 Å². The van der Waals surface area contributed by atoms with Crippen LogP contribution in [-0.4, -0.2) is 62.2 Å². The number of aryl methyl sites for hydroxylation is 2. The molecular weight excluding hydrogens is 465 g/mol. The van der Waals surface area contributed by atoms with E-state index < -0.39 is 18.1 Å². The minimum Gasteiger partial charge on any atom is -0.507 e. The molecule has 3 heterocycles. The lowest BCUT2D eigenvalue weighted by Crippen LogP contribution is -2.50. The maximum atomic E-state index is 12.6. The second-order valence-corrected chi connectivity index (χ2v) is 8.42. The van der Waals surface area contributed by atoms with Gasteiger partial charge >= 0.3 is 18.1 Å². The summed E-state index contributed by atoms with van der Waals surface area (Å²) in [6.45, 7) is 3.40. The fraction of sp³-hybridized carbons (Fsp3) is 0.348. The van der Waals surface area contributed by atoms with E-state index in [0.29, 0.717) is 28.0 Å². The number of piperidine rings is 1. The molecule has 0 bridgehead atoms. The van der Waals surface area contributed by atoms with Gasteiger partial charge in [0, 0.05) is 24.7 Å². The van der Waals surface area contributed by atoms with E-state index in [1.807, 2.05) is 12.1 Å². The predicted molar refractivity (Wildman–Crippen MR) is 122 cm³/mol. The molecule has 0 spiro atoms. The highest BCUT2D eigenvalue weighted by Gasteiger charge is 2.43. The number of halogens is 3. The van der Waals surface area contributed by atoms with Crippen LogP contribution in [0.1, 0.15) is 24.0 Å². The van der Waals surface area contributed by atoms with Crippen LogP contribution in [0.2, 0.25) is 0 Å². The summed E-state index contributed by atoms with van der Waals surface area (Å²) in [6, 6.07) is 6.20. The number of phenols is 1. The van der Waals surface area contributed by atoms with E-state index in [-0.39, 0.29) is 43.5 Å². The summed E-state index contributed by atoms with van der Waals surface area (Å²) in [6.07, 6.45) is -3.12. The van der Waals surface area contributed by atoms with Crippen LogP contribution in [0.5, 0.6) is 5.75 Å². The highest BCUT2D eigenvalue weighted by atomic mass is 19.4. The lowest BCUT2D eigenvalue weighted by Gasteiger charge is -2.32. The van der Waals surface area contributed by atoms with Crippen molar-refractivity contribution >= 4 is 28.9 Å². The Morgan fingerprint density at radius 3 is 2.37 bits per heavy atom. The minimum absolute atomic E-state index is 0.0953. The van der Waals surface area contributed by atoms with Gasteiger partial charge in [-0.15, -0.1) is 0 Å². The van der Waals surface area contributed by atoms with Crippen molar-refractivity contribution in [2.24, 2.45) is 0 Å². The van der Waals surface area contributed by atoms with Crippen LogP contribution in [0, 0.1) is 13.8 Å². The molecule has 0 radical (unpaired) electrons. The fourth-order valence-electron chi connectivity index (χ4n) is 3.97. The first-order valence-electron chi connectivity index (χ1n) is 10.9. The maximum Gasteiger partial charge on any atom is 0.471 e. The number of rotatable bonds is 3. The van der Waals surface area contributed by atoms with Crippen LogP contribution in [0.4, 0.5) is 23.8 Å². The van der Waals surface area contributed by atoms with Crippen molar-refractivity contribution in [2.45, 2.75) is 38.9 Å². The summed E-state index contributed by atoms with van der Waals surface area (Å²) in [5.41, 5.74) is 3.69. The molecule has 1 aromatic carbocycles. The van der Waals surface area contributed by atoms with Crippen molar-refractivity contribution in [1.82, 2.24) is 25.2 Å². The highest BCUT2D eigenvalue weighted by Crippen LogP contribution is 2.29. The van der Waals surface area contributed by atoms with Crippen LogP contribution in [0.15, 0.2) is 30.5 Å². The number of anilines is 1. The molecule has 184 valence electrons. The lowest BCUT2D eigenvalue weighted by molar-refractivity contribution is -0.186. The first-order valence-corrected chi connectivity index (χ1v) is 10.9. The molecule has 1 aliphatic heterocycles. The third-order valence-corrected chi connectivity index (χ3v) is 5.80. The van der Waals surface area contributed by atoms with Gasteiger partial charge in [-0.3, -0.25) is 10.1 Å². The molecule has 1 aliphatic rings. The molecule has 0 atom stereocenters. The van der Waals surface area contributed by atoms with E-state index in [2.05, 4.69) is 25.6 Å². The van der Waals surface area contributed by atoms with Gasteiger partial charge in [-0.05, 0) is 62.1 Å². The van der Waals surface area contributed by atoms with E-state index >= 15 is 0 Å². The molecule has 0 aliphatic carbocycles. The van der Waals surface area contributed by atoms with E-state index in [9.17, 15) is 27.9 Å². The number of pyridine rings is 1. The van der Waals surface area contributed by atoms with Gasteiger partial charge in [0.15, 0.2) is 11.5 Å². The summed E-state index contributed by atoms with van der Waals surface area (Å²) < 4.78 is 37.7. The van der Waals surface area contributed by atoms with Crippen molar-refractivity contribution in [1.29, 1.82) is 0 Å². The average Bonchev–Trinajstić information content (AvgIpc) is 2.81. The van der Waals surface area contributed by atoms with Crippen molar-refractivity contribution in [3.63, 3.8) is 0 Å². The van der Waals surface area contributed by atoms with Crippen molar-refractivity contribution < 1.29 is 27.9 Å². The Morgan fingerprint density at radius 2 is 1.74 bits per heavy atom. The van der Waals surface area contributed by atoms with Crippen LogP contribution < -0.4 is 10.6 Å². The van der Waals surface area contributed by atoms with Crippen LogP contribution in [0.3, 0.4) is 0 Å². The third-order valence-electron chi connectivity index (χ3n) is 5.80. The Morgan fingerprint density at radius 1 is 1.09 bits per heavy atom. The number of fused-ring (bicyclic) bond motifs is 1. The zero-order valence-corrected chi connectivity index (χ0v) is 19.0. The Labute approximate surface area is 198 Å². The van der Waals surface area contributed by atoms with E-state index in [4.69, 9.17) is 0 Å². The molecule has 1 fully saturated rings. The lowest BCUT2D eigenvalue weighted by atomic mass is 10.0. The average molecular weight is 488 g/mol. The zero-order valence-electron chi connectivity index (χ0n) is 19.0. The molecule has 12 heteroatoms. The Hall–Kier alpha value is -3.96. The number of benzene rings is 1. The van der Waals surface area contributed by atoms with E-state index in [1.165, 1.54) is 6.20 Å². The monoisotopic (exact) mass is 488 g/mol. The number of hydrogen-bond acceptors (Lipinski definition) is 6. The summed E-state index contributed by atoms with van der Waals surface area (Å²) in [7, 11) is 0. The van der Waals surface area contributed by atoms with Crippen molar-refractivity contribution in [3.8, 4) is 17.0 Å². The molecule has 4 rings (SSSR count). The number of aromatic nitrogens is 3. The molecule has 1 saturated heterocycles. The molecule has 3 amide bonds. The van der Waals surface area contributed by atoms with Gasteiger partial charge in [0.1, 0.15) is 11.3 Å². The predicted octanol–water partition coefficient (Wildman–Crippen LogP) is 3.69. The molecule has 9 nitrogen and oxygen atoms in total. The zero-order chi connectivity index (χ0) is 25.3. The van der Waals surface area contributed by atoms with Gasteiger partial charge in [-0.25, -0.2) is 19.7 Å². The highest BCUT2D eigenvalue weighted by molar-refractivity contribution is 5.89. The van der Waals surface area contributed by atoms with Crippen molar-refractivity contribution in [3.05, 3.63) is 41.6 Å².